The molecule has 2 N–H and O–H groups in total. The van der Waals surface area contributed by atoms with Crippen molar-refractivity contribution >= 4 is 0 Å². The Morgan fingerprint density at radius 2 is 2.00 bits per heavy atom. The van der Waals surface area contributed by atoms with Crippen molar-refractivity contribution in [2.75, 3.05) is 19.6 Å². The largest absolute Gasteiger partial charge is 0.488 e. The van der Waals surface area contributed by atoms with Gasteiger partial charge in [-0.05, 0) is 57.5 Å². The van der Waals surface area contributed by atoms with Crippen molar-refractivity contribution in [2.45, 2.75) is 38.8 Å². The van der Waals surface area contributed by atoms with Crippen LogP contribution < -0.4 is 10.5 Å². The quantitative estimate of drug-likeness (QED) is 0.890. The Labute approximate surface area is 114 Å². The molecule has 19 heavy (non-hydrogen) atoms. The fourth-order valence-corrected chi connectivity index (χ4v) is 2.45. The number of nitrogens with zero attached hydrogens (tertiary/aromatic N) is 1. The van der Waals surface area contributed by atoms with E-state index in [4.69, 9.17) is 10.5 Å². The molecule has 2 rings (SSSR count). The van der Waals surface area contributed by atoms with Crippen LogP contribution in [-0.4, -0.2) is 30.6 Å². The van der Waals surface area contributed by atoms with Gasteiger partial charge in [0.1, 0.15) is 0 Å². The van der Waals surface area contributed by atoms with E-state index in [1.807, 2.05) is 19.9 Å². The lowest BCUT2D eigenvalue weighted by Crippen LogP contribution is -2.29. The van der Waals surface area contributed by atoms with E-state index in [0.29, 0.717) is 5.75 Å². The van der Waals surface area contributed by atoms with Crippen LogP contribution in [0.15, 0.2) is 18.2 Å². The normalized spacial score (nSPS) is 17.9. The first kappa shape index (κ1) is 14.3. The van der Waals surface area contributed by atoms with Crippen molar-refractivity contribution in [1.82, 2.24) is 4.90 Å². The van der Waals surface area contributed by atoms with Crippen molar-refractivity contribution in [3.8, 4) is 5.75 Å². The second-order valence-corrected chi connectivity index (χ2v) is 5.47. The van der Waals surface area contributed by atoms with Gasteiger partial charge in [0.2, 0.25) is 0 Å². The van der Waals surface area contributed by atoms with Crippen LogP contribution in [0.3, 0.4) is 0 Å². The summed E-state index contributed by atoms with van der Waals surface area (Å²) in [6.45, 7) is 6.76. The second-order valence-electron chi connectivity index (χ2n) is 5.47. The summed E-state index contributed by atoms with van der Waals surface area (Å²) in [6, 6.07) is 4.90. The summed E-state index contributed by atoms with van der Waals surface area (Å²) >= 11 is 0. The first-order valence-corrected chi connectivity index (χ1v) is 7.00. The van der Waals surface area contributed by atoms with Gasteiger partial charge in [-0.2, -0.15) is 0 Å². The predicted molar refractivity (Wildman–Crippen MR) is 74.8 cm³/mol. The predicted octanol–water partition coefficient (Wildman–Crippen LogP) is 2.71. The van der Waals surface area contributed by atoms with Crippen LogP contribution in [0.1, 0.15) is 38.3 Å². The third kappa shape index (κ3) is 3.91. The lowest BCUT2D eigenvalue weighted by Gasteiger charge is -2.21. The molecule has 1 atom stereocenters. The van der Waals surface area contributed by atoms with Crippen molar-refractivity contribution in [2.24, 2.45) is 5.73 Å². The summed E-state index contributed by atoms with van der Waals surface area (Å²) in [5.74, 6) is -0.0322. The van der Waals surface area contributed by atoms with E-state index in [1.165, 1.54) is 18.9 Å². The number of rotatable bonds is 5. The van der Waals surface area contributed by atoms with E-state index in [-0.39, 0.29) is 18.0 Å². The molecule has 1 unspecified atom stereocenters. The summed E-state index contributed by atoms with van der Waals surface area (Å²) in [5.41, 5.74) is 6.98. The van der Waals surface area contributed by atoms with Gasteiger partial charge in [0.15, 0.2) is 11.6 Å². The Balaban J connectivity index is 2.01. The molecule has 0 saturated carbocycles. The number of hydrogen-bond donors (Lipinski definition) is 1. The Kier molecular flexibility index (Phi) is 4.77. The van der Waals surface area contributed by atoms with Gasteiger partial charge in [-0.1, -0.05) is 6.07 Å². The minimum absolute atomic E-state index is 0.0291. The number of ether oxygens (including phenoxy) is 1. The molecule has 1 aromatic rings. The smallest absolute Gasteiger partial charge is 0.165 e. The van der Waals surface area contributed by atoms with Crippen molar-refractivity contribution in [1.29, 1.82) is 0 Å². The lowest BCUT2D eigenvalue weighted by atomic mass is 10.1. The van der Waals surface area contributed by atoms with Crippen LogP contribution in [0.2, 0.25) is 0 Å². The lowest BCUT2D eigenvalue weighted by molar-refractivity contribution is 0.231. The molecule has 1 saturated heterocycles. The molecule has 0 aromatic heterocycles. The zero-order valence-electron chi connectivity index (χ0n) is 11.7. The van der Waals surface area contributed by atoms with Gasteiger partial charge in [0.05, 0.1) is 6.10 Å². The molecule has 1 aliphatic heterocycles. The van der Waals surface area contributed by atoms with Crippen LogP contribution in [0.4, 0.5) is 4.39 Å². The first-order valence-electron chi connectivity index (χ1n) is 7.00. The monoisotopic (exact) mass is 266 g/mol. The fraction of sp³-hybridized carbons (Fsp3) is 0.600. The van der Waals surface area contributed by atoms with Crippen LogP contribution in [-0.2, 0) is 0 Å². The average molecular weight is 266 g/mol. The molecular formula is C15H23FN2O. The molecule has 0 bridgehead atoms. The van der Waals surface area contributed by atoms with E-state index in [0.717, 1.165) is 25.2 Å². The number of hydrogen-bond acceptors (Lipinski definition) is 3. The Hall–Kier alpha value is -1.13. The average Bonchev–Trinajstić information content (AvgIpc) is 2.84. The van der Waals surface area contributed by atoms with Crippen molar-refractivity contribution < 1.29 is 9.13 Å². The maximum atomic E-state index is 13.9. The number of benzene rings is 1. The molecule has 1 heterocycles. The van der Waals surface area contributed by atoms with Gasteiger partial charge < -0.3 is 15.4 Å². The highest BCUT2D eigenvalue weighted by Crippen LogP contribution is 2.23. The molecule has 0 amide bonds. The molecule has 1 aromatic carbocycles. The Morgan fingerprint density at radius 3 is 2.58 bits per heavy atom. The summed E-state index contributed by atoms with van der Waals surface area (Å²) in [4.78, 5) is 2.33. The highest BCUT2D eigenvalue weighted by atomic mass is 19.1. The molecular weight excluding hydrogens is 243 g/mol. The van der Waals surface area contributed by atoms with E-state index in [2.05, 4.69) is 4.90 Å². The van der Waals surface area contributed by atoms with Gasteiger partial charge in [0.25, 0.3) is 0 Å². The van der Waals surface area contributed by atoms with E-state index >= 15 is 0 Å². The van der Waals surface area contributed by atoms with Crippen LogP contribution in [0.5, 0.6) is 5.75 Å². The summed E-state index contributed by atoms with van der Waals surface area (Å²) in [5, 5.41) is 0. The summed E-state index contributed by atoms with van der Waals surface area (Å²) < 4.78 is 19.3. The zero-order valence-corrected chi connectivity index (χ0v) is 11.7. The Bertz CT molecular complexity index is 417. The molecule has 0 aliphatic carbocycles. The first-order chi connectivity index (χ1) is 9.06. The fourth-order valence-electron chi connectivity index (χ4n) is 2.45. The Morgan fingerprint density at radius 1 is 1.32 bits per heavy atom. The van der Waals surface area contributed by atoms with Crippen LogP contribution in [0, 0.1) is 5.82 Å². The van der Waals surface area contributed by atoms with Gasteiger partial charge in [-0.15, -0.1) is 0 Å². The third-order valence-electron chi connectivity index (χ3n) is 3.40. The molecule has 0 spiro atoms. The summed E-state index contributed by atoms with van der Waals surface area (Å²) in [7, 11) is 0. The standard InChI is InChI=1S/C15H23FN2O/c1-11(2)19-15-6-5-12(9-13(15)16)14(17)10-18-7-3-4-8-18/h5-6,9,11,14H,3-4,7-8,10,17H2,1-2H3. The molecule has 4 heteroatoms. The van der Waals surface area contributed by atoms with Crippen LogP contribution >= 0.6 is 0 Å². The maximum Gasteiger partial charge on any atom is 0.165 e. The third-order valence-corrected chi connectivity index (χ3v) is 3.40. The molecule has 106 valence electrons. The van der Waals surface area contributed by atoms with Crippen molar-refractivity contribution in [3.05, 3.63) is 29.6 Å². The van der Waals surface area contributed by atoms with Gasteiger partial charge in [0, 0.05) is 12.6 Å². The summed E-state index contributed by atoms with van der Waals surface area (Å²) in [6.07, 6.45) is 2.45. The molecule has 1 fully saturated rings. The topological polar surface area (TPSA) is 38.5 Å². The van der Waals surface area contributed by atoms with Crippen LogP contribution in [0.25, 0.3) is 0 Å². The van der Waals surface area contributed by atoms with E-state index in [1.54, 1.807) is 6.07 Å². The van der Waals surface area contributed by atoms with Gasteiger partial charge in [-0.25, -0.2) is 4.39 Å². The van der Waals surface area contributed by atoms with Gasteiger partial charge in [-0.3, -0.25) is 0 Å². The van der Waals surface area contributed by atoms with Crippen molar-refractivity contribution in [3.63, 3.8) is 0 Å². The number of nitrogens with two attached hydrogens (primary N) is 1. The minimum Gasteiger partial charge on any atom is -0.488 e. The van der Waals surface area contributed by atoms with E-state index < -0.39 is 0 Å². The highest BCUT2D eigenvalue weighted by Gasteiger charge is 2.17. The SMILES string of the molecule is CC(C)Oc1ccc(C(N)CN2CCCC2)cc1F. The highest BCUT2D eigenvalue weighted by molar-refractivity contribution is 5.31. The molecule has 3 nitrogen and oxygen atoms in total. The number of likely N-dealkylation sites (tertiary alicyclic amines) is 1. The zero-order chi connectivity index (χ0) is 13.8. The number of halogens is 1. The molecule has 0 radical (unpaired) electrons. The minimum atomic E-state index is -0.330. The van der Waals surface area contributed by atoms with E-state index in [9.17, 15) is 4.39 Å². The molecule has 1 aliphatic rings. The second kappa shape index (κ2) is 6.35. The van der Waals surface area contributed by atoms with Gasteiger partial charge >= 0.3 is 0 Å². The maximum absolute atomic E-state index is 13.9.